The van der Waals surface area contributed by atoms with Gasteiger partial charge in [0.1, 0.15) is 5.82 Å². The Morgan fingerprint density at radius 1 is 1.05 bits per heavy atom. The molecule has 0 unspecified atom stereocenters. The van der Waals surface area contributed by atoms with E-state index in [4.69, 9.17) is 0 Å². The summed E-state index contributed by atoms with van der Waals surface area (Å²) >= 11 is 0. The molecule has 0 saturated heterocycles. The lowest BCUT2D eigenvalue weighted by Gasteiger charge is -2.08. The van der Waals surface area contributed by atoms with Crippen LogP contribution < -0.4 is 5.32 Å². The van der Waals surface area contributed by atoms with Gasteiger partial charge in [0, 0.05) is 12.1 Å². The predicted molar refractivity (Wildman–Crippen MR) is 78.6 cm³/mol. The molecule has 0 aromatic heterocycles. The van der Waals surface area contributed by atoms with E-state index in [0.717, 1.165) is 30.6 Å². The van der Waals surface area contributed by atoms with E-state index < -0.39 is 0 Å². The molecule has 2 rings (SSSR count). The van der Waals surface area contributed by atoms with Gasteiger partial charge in [-0.25, -0.2) is 4.39 Å². The van der Waals surface area contributed by atoms with Crippen LogP contribution in [0.15, 0.2) is 42.5 Å². The topological polar surface area (TPSA) is 12.0 Å². The molecule has 0 aliphatic carbocycles. The van der Waals surface area contributed by atoms with Crippen molar-refractivity contribution in [1.82, 2.24) is 5.32 Å². The summed E-state index contributed by atoms with van der Waals surface area (Å²) < 4.78 is 14.1. The number of benzene rings is 2. The van der Waals surface area contributed by atoms with Crippen molar-refractivity contribution in [2.24, 2.45) is 0 Å². The van der Waals surface area contributed by atoms with Crippen LogP contribution in [0.1, 0.15) is 24.5 Å². The minimum absolute atomic E-state index is 0.153. The van der Waals surface area contributed by atoms with Gasteiger partial charge >= 0.3 is 0 Å². The lowest BCUT2D eigenvalue weighted by molar-refractivity contribution is 0.622. The highest BCUT2D eigenvalue weighted by atomic mass is 19.1. The predicted octanol–water partition coefficient (Wildman–Crippen LogP) is 4.30. The van der Waals surface area contributed by atoms with Gasteiger partial charge in [0.15, 0.2) is 0 Å². The van der Waals surface area contributed by atoms with Gasteiger partial charge in [-0.3, -0.25) is 0 Å². The number of aryl methyl sites for hydroxylation is 1. The van der Waals surface area contributed by atoms with E-state index in [2.05, 4.69) is 12.2 Å². The second kappa shape index (κ2) is 6.48. The molecule has 2 heteroatoms. The Morgan fingerprint density at radius 2 is 1.79 bits per heavy atom. The maximum absolute atomic E-state index is 14.1. The highest BCUT2D eigenvalue weighted by molar-refractivity contribution is 5.64. The molecule has 1 nitrogen and oxygen atoms in total. The van der Waals surface area contributed by atoms with Crippen molar-refractivity contribution in [3.63, 3.8) is 0 Å². The van der Waals surface area contributed by atoms with Gasteiger partial charge in [0.2, 0.25) is 0 Å². The van der Waals surface area contributed by atoms with Crippen LogP contribution in [0.5, 0.6) is 0 Å². The Labute approximate surface area is 114 Å². The minimum atomic E-state index is -0.153. The molecular weight excluding hydrogens is 237 g/mol. The summed E-state index contributed by atoms with van der Waals surface area (Å²) in [5.74, 6) is -0.153. The fraction of sp³-hybridized carbons (Fsp3) is 0.294. The third kappa shape index (κ3) is 3.65. The fourth-order valence-corrected chi connectivity index (χ4v) is 2.05. The first-order valence-corrected chi connectivity index (χ1v) is 6.77. The van der Waals surface area contributed by atoms with Crippen LogP contribution in [0.3, 0.4) is 0 Å². The van der Waals surface area contributed by atoms with Gasteiger partial charge in [0.25, 0.3) is 0 Å². The maximum Gasteiger partial charge on any atom is 0.131 e. The van der Waals surface area contributed by atoms with Crippen molar-refractivity contribution in [3.8, 4) is 11.1 Å². The summed E-state index contributed by atoms with van der Waals surface area (Å²) in [5, 5.41) is 3.28. The molecule has 0 heterocycles. The first-order valence-electron chi connectivity index (χ1n) is 6.77. The Balaban J connectivity index is 2.17. The molecule has 0 fully saturated rings. The molecule has 0 aliphatic heterocycles. The smallest absolute Gasteiger partial charge is 0.131 e. The van der Waals surface area contributed by atoms with E-state index in [-0.39, 0.29) is 5.82 Å². The first kappa shape index (κ1) is 13.8. The molecule has 100 valence electrons. The SMILES string of the molecule is CCCNCc1ccc(-c2ccc(C)cc2)c(F)c1. The van der Waals surface area contributed by atoms with E-state index in [1.54, 1.807) is 6.07 Å². The van der Waals surface area contributed by atoms with Crippen LogP contribution in [0.2, 0.25) is 0 Å². The highest BCUT2D eigenvalue weighted by Gasteiger charge is 2.05. The first-order chi connectivity index (χ1) is 9.20. The Bertz CT molecular complexity index is 531. The molecular formula is C17H20FN. The average Bonchev–Trinajstić information content (AvgIpc) is 2.41. The van der Waals surface area contributed by atoms with Crippen molar-refractivity contribution < 1.29 is 4.39 Å². The van der Waals surface area contributed by atoms with Crippen LogP contribution in [-0.4, -0.2) is 6.54 Å². The Kier molecular flexibility index (Phi) is 4.69. The number of hydrogen-bond donors (Lipinski definition) is 1. The largest absolute Gasteiger partial charge is 0.313 e. The van der Waals surface area contributed by atoms with Gasteiger partial charge in [-0.05, 0) is 37.1 Å². The van der Waals surface area contributed by atoms with E-state index in [0.29, 0.717) is 5.56 Å². The molecule has 0 bridgehead atoms. The summed E-state index contributed by atoms with van der Waals surface area (Å²) in [4.78, 5) is 0. The van der Waals surface area contributed by atoms with Crippen LogP contribution in [0, 0.1) is 12.7 Å². The summed E-state index contributed by atoms with van der Waals surface area (Å²) in [6, 6.07) is 13.4. The summed E-state index contributed by atoms with van der Waals surface area (Å²) in [7, 11) is 0. The molecule has 19 heavy (non-hydrogen) atoms. The van der Waals surface area contributed by atoms with E-state index in [1.165, 1.54) is 5.56 Å². The maximum atomic E-state index is 14.1. The number of hydrogen-bond acceptors (Lipinski definition) is 1. The number of nitrogens with one attached hydrogen (secondary N) is 1. The van der Waals surface area contributed by atoms with Gasteiger partial charge in [0.05, 0.1) is 0 Å². The summed E-state index contributed by atoms with van der Waals surface area (Å²) in [6.45, 7) is 5.83. The lowest BCUT2D eigenvalue weighted by Crippen LogP contribution is -2.13. The van der Waals surface area contributed by atoms with Crippen LogP contribution in [0.25, 0.3) is 11.1 Å². The standard InChI is InChI=1S/C17H20FN/c1-3-10-19-12-14-6-9-16(17(18)11-14)15-7-4-13(2)5-8-15/h4-9,11,19H,3,10,12H2,1-2H3. The second-order valence-corrected chi connectivity index (χ2v) is 4.86. The molecule has 2 aromatic rings. The minimum Gasteiger partial charge on any atom is -0.313 e. The van der Waals surface area contributed by atoms with Crippen LogP contribution in [0.4, 0.5) is 4.39 Å². The van der Waals surface area contributed by atoms with E-state index in [1.807, 2.05) is 43.3 Å². The van der Waals surface area contributed by atoms with E-state index in [9.17, 15) is 4.39 Å². The fourth-order valence-electron chi connectivity index (χ4n) is 2.05. The third-order valence-electron chi connectivity index (χ3n) is 3.15. The molecule has 1 N–H and O–H groups in total. The Hall–Kier alpha value is -1.67. The zero-order valence-corrected chi connectivity index (χ0v) is 11.5. The van der Waals surface area contributed by atoms with Crippen molar-refractivity contribution in [2.45, 2.75) is 26.8 Å². The molecule has 0 amide bonds. The normalized spacial score (nSPS) is 10.7. The van der Waals surface area contributed by atoms with Crippen molar-refractivity contribution in [1.29, 1.82) is 0 Å². The quantitative estimate of drug-likeness (QED) is 0.787. The molecule has 0 saturated carbocycles. The molecule has 0 spiro atoms. The Morgan fingerprint density at radius 3 is 2.42 bits per heavy atom. The molecule has 0 radical (unpaired) electrons. The number of rotatable bonds is 5. The zero-order chi connectivity index (χ0) is 13.7. The average molecular weight is 257 g/mol. The monoisotopic (exact) mass is 257 g/mol. The molecule has 0 aliphatic rings. The van der Waals surface area contributed by atoms with Gasteiger partial charge < -0.3 is 5.32 Å². The zero-order valence-electron chi connectivity index (χ0n) is 11.5. The van der Waals surface area contributed by atoms with Gasteiger partial charge in [-0.1, -0.05) is 48.9 Å². The van der Waals surface area contributed by atoms with Crippen molar-refractivity contribution in [2.75, 3.05) is 6.54 Å². The highest BCUT2D eigenvalue weighted by Crippen LogP contribution is 2.24. The van der Waals surface area contributed by atoms with E-state index >= 15 is 0 Å². The van der Waals surface area contributed by atoms with Crippen molar-refractivity contribution in [3.05, 3.63) is 59.4 Å². The van der Waals surface area contributed by atoms with Crippen molar-refractivity contribution >= 4 is 0 Å². The molecule has 2 aromatic carbocycles. The van der Waals surface area contributed by atoms with Gasteiger partial charge in [-0.15, -0.1) is 0 Å². The van der Waals surface area contributed by atoms with Crippen LogP contribution in [-0.2, 0) is 6.54 Å². The summed E-state index contributed by atoms with van der Waals surface area (Å²) in [5.41, 5.74) is 3.77. The molecule has 0 atom stereocenters. The lowest BCUT2D eigenvalue weighted by atomic mass is 10.0. The van der Waals surface area contributed by atoms with Crippen LogP contribution >= 0.6 is 0 Å². The third-order valence-corrected chi connectivity index (χ3v) is 3.15. The summed E-state index contributed by atoms with van der Waals surface area (Å²) in [6.07, 6.45) is 1.09. The number of halogens is 1. The van der Waals surface area contributed by atoms with Gasteiger partial charge in [-0.2, -0.15) is 0 Å². The second-order valence-electron chi connectivity index (χ2n) is 4.86.